The topological polar surface area (TPSA) is 98.7 Å². The highest BCUT2D eigenvalue weighted by molar-refractivity contribution is 6.15. The van der Waals surface area contributed by atoms with Gasteiger partial charge in [0.1, 0.15) is 5.54 Å². The van der Waals surface area contributed by atoms with E-state index >= 15 is 0 Å². The van der Waals surface area contributed by atoms with Crippen LogP contribution in [0.15, 0.2) is 18.2 Å². The molecule has 2 saturated heterocycles. The molecule has 28 heavy (non-hydrogen) atoms. The number of carbonyl (C=O) groups is 3. The van der Waals surface area contributed by atoms with Crippen LogP contribution in [0.5, 0.6) is 0 Å². The third kappa shape index (κ3) is 2.39. The molecule has 0 radical (unpaired) electrons. The van der Waals surface area contributed by atoms with Gasteiger partial charge in [-0.2, -0.15) is 0 Å². The van der Waals surface area contributed by atoms with E-state index in [4.69, 9.17) is 0 Å². The zero-order valence-electron chi connectivity index (χ0n) is 16.5. The molecular formula is C21H27N3O4. The molecule has 3 aliphatic rings. The van der Waals surface area contributed by atoms with Crippen LogP contribution in [0.3, 0.4) is 0 Å². The molecule has 0 aromatic heterocycles. The number of amides is 3. The summed E-state index contributed by atoms with van der Waals surface area (Å²) >= 11 is 0. The van der Waals surface area contributed by atoms with Crippen molar-refractivity contribution < 1.29 is 19.5 Å². The molecule has 7 nitrogen and oxygen atoms in total. The number of rotatable bonds is 5. The summed E-state index contributed by atoms with van der Waals surface area (Å²) in [6.07, 6.45) is 1.50. The van der Waals surface area contributed by atoms with Crippen LogP contribution in [0, 0.1) is 11.8 Å². The predicted molar refractivity (Wildman–Crippen MR) is 103 cm³/mol. The van der Waals surface area contributed by atoms with E-state index in [2.05, 4.69) is 10.6 Å². The molecule has 5 atom stereocenters. The number of nitrogens with zero attached hydrogens (tertiary/aromatic N) is 1. The SMILES string of the molecule is CCCCN1C(=O)C2C(C(C)O)NC3(C(=O)Nc4ccc(CC)cc43)C2C1=O. The fourth-order valence-corrected chi connectivity index (χ4v) is 5.01. The Bertz CT molecular complexity index is 852. The summed E-state index contributed by atoms with van der Waals surface area (Å²) in [5.74, 6) is -2.51. The Kier molecular flexibility index (Phi) is 4.55. The van der Waals surface area contributed by atoms with Crippen molar-refractivity contribution in [1.82, 2.24) is 10.2 Å². The number of hydrogen-bond acceptors (Lipinski definition) is 5. The van der Waals surface area contributed by atoms with E-state index in [9.17, 15) is 19.5 Å². The fourth-order valence-electron chi connectivity index (χ4n) is 5.01. The summed E-state index contributed by atoms with van der Waals surface area (Å²) in [4.78, 5) is 41.0. The van der Waals surface area contributed by atoms with Crippen molar-refractivity contribution in [3.05, 3.63) is 29.3 Å². The number of nitrogens with one attached hydrogen (secondary N) is 2. The number of aryl methyl sites for hydroxylation is 1. The van der Waals surface area contributed by atoms with Crippen molar-refractivity contribution in [1.29, 1.82) is 0 Å². The van der Waals surface area contributed by atoms with Crippen molar-refractivity contribution in [2.24, 2.45) is 11.8 Å². The summed E-state index contributed by atoms with van der Waals surface area (Å²) in [5, 5.41) is 16.5. The monoisotopic (exact) mass is 385 g/mol. The van der Waals surface area contributed by atoms with Gasteiger partial charge in [0, 0.05) is 23.8 Å². The molecule has 3 amide bonds. The Labute approximate surface area is 164 Å². The lowest BCUT2D eigenvalue weighted by Gasteiger charge is -2.30. The molecule has 4 rings (SSSR count). The van der Waals surface area contributed by atoms with E-state index in [1.54, 1.807) is 6.92 Å². The second-order valence-electron chi connectivity index (χ2n) is 8.09. The van der Waals surface area contributed by atoms with E-state index in [-0.39, 0.29) is 17.7 Å². The van der Waals surface area contributed by atoms with E-state index < -0.39 is 29.5 Å². The third-order valence-electron chi connectivity index (χ3n) is 6.47. The lowest BCUT2D eigenvalue weighted by Crippen LogP contribution is -2.54. The zero-order valence-corrected chi connectivity index (χ0v) is 16.5. The molecule has 5 unspecified atom stereocenters. The van der Waals surface area contributed by atoms with Gasteiger partial charge in [0.05, 0.1) is 17.9 Å². The van der Waals surface area contributed by atoms with Crippen LogP contribution in [0.4, 0.5) is 5.69 Å². The third-order valence-corrected chi connectivity index (χ3v) is 6.47. The number of anilines is 1. The number of fused-ring (bicyclic) bond motifs is 4. The number of imide groups is 1. The van der Waals surface area contributed by atoms with Crippen molar-refractivity contribution in [3.8, 4) is 0 Å². The molecule has 3 N–H and O–H groups in total. The van der Waals surface area contributed by atoms with E-state index in [0.29, 0.717) is 17.8 Å². The highest BCUT2D eigenvalue weighted by Gasteiger charge is 2.70. The Morgan fingerprint density at radius 2 is 1.96 bits per heavy atom. The van der Waals surface area contributed by atoms with Crippen LogP contribution in [-0.2, 0) is 26.3 Å². The summed E-state index contributed by atoms with van der Waals surface area (Å²) < 4.78 is 0. The molecular weight excluding hydrogens is 358 g/mol. The van der Waals surface area contributed by atoms with Crippen LogP contribution >= 0.6 is 0 Å². The minimum atomic E-state index is -1.32. The van der Waals surface area contributed by atoms with Crippen LogP contribution < -0.4 is 10.6 Å². The number of unbranched alkanes of at least 4 members (excludes halogenated alkanes) is 1. The smallest absolute Gasteiger partial charge is 0.250 e. The van der Waals surface area contributed by atoms with Gasteiger partial charge in [0.2, 0.25) is 17.7 Å². The van der Waals surface area contributed by atoms with E-state index in [1.165, 1.54) is 4.90 Å². The van der Waals surface area contributed by atoms with Gasteiger partial charge < -0.3 is 10.4 Å². The van der Waals surface area contributed by atoms with Crippen molar-refractivity contribution in [2.45, 2.75) is 57.7 Å². The standard InChI is InChI=1S/C21H27N3O4/c1-4-6-9-24-18(26)15-16(19(24)27)21(23-17(15)11(3)25)13-10-12(5-2)7-8-14(13)22-20(21)28/h7-8,10-11,15-17,23,25H,4-6,9H2,1-3H3,(H,22,28). The fraction of sp³-hybridized carbons (Fsp3) is 0.571. The maximum absolute atomic E-state index is 13.3. The molecule has 0 bridgehead atoms. The van der Waals surface area contributed by atoms with Gasteiger partial charge in [0.25, 0.3) is 0 Å². The normalized spacial score (nSPS) is 32.1. The lowest BCUT2D eigenvalue weighted by atomic mass is 9.76. The molecule has 2 fully saturated rings. The lowest BCUT2D eigenvalue weighted by molar-refractivity contribution is -0.143. The van der Waals surface area contributed by atoms with Gasteiger partial charge in [-0.05, 0) is 31.4 Å². The first-order chi connectivity index (χ1) is 13.4. The summed E-state index contributed by atoms with van der Waals surface area (Å²) in [7, 11) is 0. The molecule has 1 aromatic rings. The largest absolute Gasteiger partial charge is 0.392 e. The highest BCUT2D eigenvalue weighted by atomic mass is 16.3. The maximum Gasteiger partial charge on any atom is 0.250 e. The first kappa shape index (κ1) is 19.1. The number of carbonyl (C=O) groups excluding carboxylic acids is 3. The zero-order chi connectivity index (χ0) is 20.2. The Hall–Kier alpha value is -2.25. The Morgan fingerprint density at radius 3 is 2.61 bits per heavy atom. The minimum Gasteiger partial charge on any atom is -0.392 e. The van der Waals surface area contributed by atoms with Crippen molar-refractivity contribution in [3.63, 3.8) is 0 Å². The molecule has 1 spiro atoms. The average molecular weight is 385 g/mol. The molecule has 3 aliphatic heterocycles. The van der Waals surface area contributed by atoms with Crippen molar-refractivity contribution >= 4 is 23.4 Å². The Morgan fingerprint density at radius 1 is 1.21 bits per heavy atom. The molecule has 7 heteroatoms. The van der Waals surface area contributed by atoms with Crippen LogP contribution in [-0.4, -0.2) is 46.4 Å². The number of likely N-dealkylation sites (tertiary alicyclic amines) is 1. The van der Waals surface area contributed by atoms with Gasteiger partial charge in [0.15, 0.2) is 0 Å². The van der Waals surface area contributed by atoms with Gasteiger partial charge in [-0.3, -0.25) is 24.6 Å². The molecule has 3 heterocycles. The molecule has 0 saturated carbocycles. The summed E-state index contributed by atoms with van der Waals surface area (Å²) in [6, 6.07) is 5.08. The number of aliphatic hydroxyl groups is 1. The van der Waals surface area contributed by atoms with Crippen LogP contribution in [0.1, 0.15) is 44.7 Å². The minimum absolute atomic E-state index is 0.286. The molecule has 150 valence electrons. The summed E-state index contributed by atoms with van der Waals surface area (Å²) in [5.41, 5.74) is 1.09. The van der Waals surface area contributed by atoms with Crippen LogP contribution in [0.25, 0.3) is 0 Å². The second kappa shape index (κ2) is 6.67. The van der Waals surface area contributed by atoms with Gasteiger partial charge in [-0.25, -0.2) is 0 Å². The number of hydrogen-bond donors (Lipinski definition) is 3. The predicted octanol–water partition coefficient (Wildman–Crippen LogP) is 1.15. The van der Waals surface area contributed by atoms with Crippen molar-refractivity contribution in [2.75, 3.05) is 11.9 Å². The Balaban J connectivity index is 1.86. The highest BCUT2D eigenvalue weighted by Crippen LogP contribution is 2.53. The molecule has 1 aromatic carbocycles. The van der Waals surface area contributed by atoms with E-state index in [1.807, 2.05) is 32.0 Å². The van der Waals surface area contributed by atoms with Gasteiger partial charge in [-0.1, -0.05) is 32.4 Å². The van der Waals surface area contributed by atoms with E-state index in [0.717, 1.165) is 24.8 Å². The first-order valence-corrected chi connectivity index (χ1v) is 10.1. The van der Waals surface area contributed by atoms with Crippen LogP contribution in [0.2, 0.25) is 0 Å². The maximum atomic E-state index is 13.3. The quantitative estimate of drug-likeness (QED) is 0.661. The number of aliphatic hydroxyl groups excluding tert-OH is 1. The number of benzene rings is 1. The summed E-state index contributed by atoms with van der Waals surface area (Å²) in [6.45, 7) is 5.98. The average Bonchev–Trinajstić information content (AvgIpc) is 3.26. The second-order valence-corrected chi connectivity index (χ2v) is 8.09. The molecule has 0 aliphatic carbocycles. The van der Waals surface area contributed by atoms with Gasteiger partial charge in [-0.15, -0.1) is 0 Å². The first-order valence-electron chi connectivity index (χ1n) is 10.1. The van der Waals surface area contributed by atoms with Gasteiger partial charge >= 0.3 is 0 Å².